The van der Waals surface area contributed by atoms with Crippen LogP contribution in [-0.4, -0.2) is 58.8 Å². The van der Waals surface area contributed by atoms with Crippen LogP contribution in [0.2, 0.25) is 0 Å². The van der Waals surface area contributed by atoms with E-state index >= 15 is 0 Å². The molecule has 1 aromatic carbocycles. The molecule has 1 amide bonds. The van der Waals surface area contributed by atoms with Crippen molar-refractivity contribution in [2.24, 2.45) is 10.7 Å². The Labute approximate surface area is 159 Å². The fourth-order valence-electron chi connectivity index (χ4n) is 3.30. The number of aryl methyl sites for hydroxylation is 1. The van der Waals surface area contributed by atoms with Gasteiger partial charge in [0.2, 0.25) is 0 Å². The summed E-state index contributed by atoms with van der Waals surface area (Å²) < 4.78 is 7.17. The number of carbonyl (C=O) groups is 1. The number of hydrogen-bond acceptors (Lipinski definition) is 4. The van der Waals surface area contributed by atoms with E-state index in [4.69, 9.17) is 10.5 Å². The van der Waals surface area contributed by atoms with Crippen LogP contribution in [0.3, 0.4) is 0 Å². The minimum atomic E-state index is -0.232. The third kappa shape index (κ3) is 5.12. The van der Waals surface area contributed by atoms with E-state index < -0.39 is 0 Å². The van der Waals surface area contributed by atoms with Crippen molar-refractivity contribution in [3.8, 4) is 0 Å². The molecular formula is C19H28N6O2. The van der Waals surface area contributed by atoms with Gasteiger partial charge in [0.1, 0.15) is 0 Å². The number of amides is 1. The molecule has 0 unspecified atom stereocenters. The molecule has 0 atom stereocenters. The van der Waals surface area contributed by atoms with Crippen molar-refractivity contribution in [2.45, 2.75) is 38.8 Å². The van der Waals surface area contributed by atoms with Gasteiger partial charge in [0.05, 0.1) is 24.0 Å². The molecule has 146 valence electrons. The van der Waals surface area contributed by atoms with Crippen molar-refractivity contribution in [2.75, 3.05) is 26.2 Å². The van der Waals surface area contributed by atoms with Gasteiger partial charge in [0.25, 0.3) is 0 Å². The van der Waals surface area contributed by atoms with Crippen molar-refractivity contribution in [3.05, 3.63) is 30.6 Å². The lowest BCUT2D eigenvalue weighted by atomic mass is 10.1. The summed E-state index contributed by atoms with van der Waals surface area (Å²) in [5.41, 5.74) is 8.16. The van der Waals surface area contributed by atoms with Gasteiger partial charge in [-0.1, -0.05) is 12.1 Å². The first-order chi connectivity index (χ1) is 13.2. The second-order valence-corrected chi connectivity index (χ2v) is 6.65. The average molecular weight is 372 g/mol. The zero-order chi connectivity index (χ0) is 19.1. The van der Waals surface area contributed by atoms with Gasteiger partial charge in [-0.2, -0.15) is 0 Å². The molecule has 1 aliphatic rings. The first-order valence-corrected chi connectivity index (χ1v) is 9.55. The van der Waals surface area contributed by atoms with Crippen LogP contribution in [0, 0.1) is 0 Å². The molecule has 2 aromatic rings. The van der Waals surface area contributed by atoms with Crippen LogP contribution in [0.5, 0.6) is 0 Å². The summed E-state index contributed by atoms with van der Waals surface area (Å²) in [5.74, 6) is 0.472. The van der Waals surface area contributed by atoms with Crippen LogP contribution in [0.15, 0.2) is 35.6 Å². The smallest absolute Gasteiger partial charge is 0.409 e. The highest BCUT2D eigenvalue weighted by Gasteiger charge is 2.23. The number of para-hydroxylation sites is 2. The number of guanidine groups is 1. The minimum Gasteiger partial charge on any atom is -0.450 e. The van der Waals surface area contributed by atoms with Gasteiger partial charge in [-0.25, -0.2) is 9.78 Å². The maximum absolute atomic E-state index is 11.7. The van der Waals surface area contributed by atoms with Crippen LogP contribution in [0.25, 0.3) is 11.0 Å². The first kappa shape index (κ1) is 19.0. The summed E-state index contributed by atoms with van der Waals surface area (Å²) in [6.07, 6.45) is 4.22. The quantitative estimate of drug-likeness (QED) is 0.459. The first-order valence-electron chi connectivity index (χ1n) is 9.55. The number of carbonyl (C=O) groups excluding carboxylic acids is 1. The number of benzene rings is 1. The molecule has 1 fully saturated rings. The molecule has 0 aliphatic carbocycles. The molecule has 27 heavy (non-hydrogen) atoms. The number of nitrogens with zero attached hydrogens (tertiary/aromatic N) is 4. The van der Waals surface area contributed by atoms with E-state index in [2.05, 4.69) is 25.9 Å². The number of piperidine rings is 1. The monoisotopic (exact) mass is 372 g/mol. The van der Waals surface area contributed by atoms with Crippen LogP contribution >= 0.6 is 0 Å². The molecule has 0 radical (unpaired) electrons. The second-order valence-electron chi connectivity index (χ2n) is 6.65. The van der Waals surface area contributed by atoms with E-state index in [1.807, 2.05) is 31.5 Å². The number of aromatic nitrogens is 2. The number of ether oxygens (including phenoxy) is 1. The molecule has 0 spiro atoms. The van der Waals surface area contributed by atoms with Gasteiger partial charge >= 0.3 is 6.09 Å². The second kappa shape index (κ2) is 9.25. The highest BCUT2D eigenvalue weighted by molar-refractivity contribution is 5.78. The highest BCUT2D eigenvalue weighted by atomic mass is 16.6. The maximum Gasteiger partial charge on any atom is 0.409 e. The number of aliphatic imine (C=N–C) groups is 1. The van der Waals surface area contributed by atoms with E-state index in [9.17, 15) is 4.79 Å². The van der Waals surface area contributed by atoms with E-state index in [1.165, 1.54) is 0 Å². The molecule has 1 aromatic heterocycles. The number of nitrogens with two attached hydrogens (primary N) is 1. The van der Waals surface area contributed by atoms with Gasteiger partial charge in [0, 0.05) is 32.2 Å². The normalized spacial score (nSPS) is 15.9. The summed E-state index contributed by atoms with van der Waals surface area (Å²) in [6.45, 7) is 5.10. The Balaban J connectivity index is 1.38. The van der Waals surface area contributed by atoms with Gasteiger partial charge in [-0.3, -0.25) is 4.99 Å². The summed E-state index contributed by atoms with van der Waals surface area (Å²) in [6, 6.07) is 8.35. The molecule has 1 aliphatic heterocycles. The maximum atomic E-state index is 11.7. The number of imidazole rings is 1. The lowest BCUT2D eigenvalue weighted by molar-refractivity contribution is 0.0963. The SMILES string of the molecule is CCOC(=O)N1CCC(NC(N)=NCCCn2cnc3ccccc32)CC1. The number of likely N-dealkylation sites (tertiary alicyclic amines) is 1. The molecule has 0 saturated carbocycles. The predicted octanol–water partition coefficient (Wildman–Crippen LogP) is 1.95. The summed E-state index contributed by atoms with van der Waals surface area (Å²) in [5, 5.41) is 3.26. The molecule has 3 rings (SSSR count). The topological polar surface area (TPSA) is 97.8 Å². The van der Waals surface area contributed by atoms with Crippen molar-refractivity contribution in [1.29, 1.82) is 0 Å². The summed E-state index contributed by atoms with van der Waals surface area (Å²) >= 11 is 0. The largest absolute Gasteiger partial charge is 0.450 e. The Morgan fingerprint density at radius 2 is 2.15 bits per heavy atom. The third-order valence-corrected chi connectivity index (χ3v) is 4.74. The van der Waals surface area contributed by atoms with Gasteiger partial charge in [0.15, 0.2) is 5.96 Å². The van der Waals surface area contributed by atoms with Gasteiger partial charge in [-0.15, -0.1) is 0 Å². The Morgan fingerprint density at radius 3 is 2.93 bits per heavy atom. The minimum absolute atomic E-state index is 0.232. The Hall–Kier alpha value is -2.77. The molecule has 2 heterocycles. The van der Waals surface area contributed by atoms with Crippen LogP contribution < -0.4 is 11.1 Å². The van der Waals surface area contributed by atoms with Gasteiger partial charge < -0.3 is 25.3 Å². The number of nitrogens with one attached hydrogen (secondary N) is 1. The Bertz CT molecular complexity index is 779. The van der Waals surface area contributed by atoms with Crippen molar-refractivity contribution in [1.82, 2.24) is 19.8 Å². The predicted molar refractivity (Wildman–Crippen MR) is 106 cm³/mol. The lowest BCUT2D eigenvalue weighted by Crippen LogP contribution is -2.48. The summed E-state index contributed by atoms with van der Waals surface area (Å²) in [4.78, 5) is 22.3. The highest BCUT2D eigenvalue weighted by Crippen LogP contribution is 2.13. The molecule has 1 saturated heterocycles. The van der Waals surface area contributed by atoms with Crippen molar-refractivity contribution >= 4 is 23.1 Å². The van der Waals surface area contributed by atoms with E-state index in [0.717, 1.165) is 36.8 Å². The molecule has 3 N–H and O–H groups in total. The fraction of sp³-hybridized carbons (Fsp3) is 0.526. The summed E-state index contributed by atoms with van der Waals surface area (Å²) in [7, 11) is 0. The Morgan fingerprint density at radius 1 is 1.37 bits per heavy atom. The number of fused-ring (bicyclic) bond motifs is 1. The molecule has 8 heteroatoms. The zero-order valence-corrected chi connectivity index (χ0v) is 15.8. The number of hydrogen-bond donors (Lipinski definition) is 2. The molecule has 8 nitrogen and oxygen atoms in total. The van der Waals surface area contributed by atoms with E-state index in [0.29, 0.717) is 32.2 Å². The van der Waals surface area contributed by atoms with Crippen molar-refractivity contribution in [3.63, 3.8) is 0 Å². The fourth-order valence-corrected chi connectivity index (χ4v) is 3.30. The van der Waals surface area contributed by atoms with Crippen LogP contribution in [0.1, 0.15) is 26.2 Å². The van der Waals surface area contributed by atoms with Gasteiger partial charge in [-0.05, 0) is 38.3 Å². The molecule has 0 bridgehead atoms. The zero-order valence-electron chi connectivity index (χ0n) is 15.8. The lowest BCUT2D eigenvalue weighted by Gasteiger charge is -2.31. The number of rotatable bonds is 6. The van der Waals surface area contributed by atoms with E-state index in [-0.39, 0.29) is 12.1 Å². The standard InChI is InChI=1S/C19H28N6O2/c1-2-27-19(26)24-12-8-15(9-13-24)23-18(20)21-10-5-11-25-14-22-16-6-3-4-7-17(16)25/h3-4,6-7,14-15H,2,5,8-13H2,1H3,(H3,20,21,23). The van der Waals surface area contributed by atoms with Crippen LogP contribution in [-0.2, 0) is 11.3 Å². The molecular weight excluding hydrogens is 344 g/mol. The van der Waals surface area contributed by atoms with Crippen molar-refractivity contribution < 1.29 is 9.53 Å². The van der Waals surface area contributed by atoms with E-state index in [1.54, 1.807) is 4.90 Å². The Kier molecular flexibility index (Phi) is 6.51. The third-order valence-electron chi connectivity index (χ3n) is 4.74. The average Bonchev–Trinajstić information content (AvgIpc) is 3.09. The van der Waals surface area contributed by atoms with Crippen LogP contribution in [0.4, 0.5) is 4.79 Å².